The molecular formula is C11H19N5O2. The number of ether oxygens (including phenoxy) is 2. The number of aromatic nitrogens is 3. The van der Waals surface area contributed by atoms with E-state index >= 15 is 0 Å². The monoisotopic (exact) mass is 253 g/mol. The van der Waals surface area contributed by atoms with Gasteiger partial charge in [0.05, 0.1) is 6.61 Å². The molecule has 7 nitrogen and oxygen atoms in total. The van der Waals surface area contributed by atoms with Crippen LogP contribution in [0.5, 0.6) is 12.0 Å². The zero-order chi connectivity index (χ0) is 12.8. The van der Waals surface area contributed by atoms with Crippen LogP contribution in [0.1, 0.15) is 19.8 Å². The molecule has 0 spiro atoms. The molecule has 0 atom stereocenters. The number of hydrogen-bond acceptors (Lipinski definition) is 7. The number of nitrogens with two attached hydrogens (primary N) is 1. The zero-order valence-electron chi connectivity index (χ0n) is 10.6. The molecule has 1 aliphatic rings. The van der Waals surface area contributed by atoms with E-state index in [1.807, 2.05) is 6.92 Å². The summed E-state index contributed by atoms with van der Waals surface area (Å²) in [5.41, 5.74) is 5.55. The fourth-order valence-electron chi connectivity index (χ4n) is 1.88. The van der Waals surface area contributed by atoms with E-state index in [9.17, 15) is 0 Å². The van der Waals surface area contributed by atoms with Crippen molar-refractivity contribution in [2.75, 3.05) is 38.6 Å². The molecule has 0 bridgehead atoms. The van der Waals surface area contributed by atoms with E-state index in [1.54, 1.807) is 0 Å². The molecule has 1 aromatic heterocycles. The smallest absolute Gasteiger partial charge is 0.324 e. The summed E-state index contributed by atoms with van der Waals surface area (Å²) in [5.74, 6) is 0.115. The maximum atomic E-state index is 5.55. The second-order valence-corrected chi connectivity index (χ2v) is 4.09. The Morgan fingerprint density at radius 2 is 1.78 bits per heavy atom. The molecule has 0 saturated carbocycles. The highest BCUT2D eigenvalue weighted by Gasteiger charge is 2.12. The molecule has 1 aromatic rings. The Morgan fingerprint density at radius 3 is 2.44 bits per heavy atom. The van der Waals surface area contributed by atoms with Crippen molar-refractivity contribution in [3.8, 4) is 12.0 Å². The first-order chi connectivity index (χ1) is 8.78. The van der Waals surface area contributed by atoms with E-state index in [-0.39, 0.29) is 18.0 Å². The predicted octanol–water partition coefficient (Wildman–Crippen LogP) is 0.327. The molecule has 0 amide bonds. The molecule has 0 radical (unpaired) electrons. The first-order valence-corrected chi connectivity index (χ1v) is 6.27. The second-order valence-electron chi connectivity index (χ2n) is 4.09. The van der Waals surface area contributed by atoms with Crippen molar-refractivity contribution >= 4 is 5.95 Å². The van der Waals surface area contributed by atoms with Crippen molar-refractivity contribution < 1.29 is 9.47 Å². The Bertz CT molecular complexity index is 382. The predicted molar refractivity (Wildman–Crippen MR) is 66.6 cm³/mol. The summed E-state index contributed by atoms with van der Waals surface area (Å²) in [7, 11) is 0. The third-order valence-electron chi connectivity index (χ3n) is 2.72. The fourth-order valence-corrected chi connectivity index (χ4v) is 1.88. The van der Waals surface area contributed by atoms with Gasteiger partial charge in [0.25, 0.3) is 0 Å². The van der Waals surface area contributed by atoms with Crippen LogP contribution < -0.4 is 15.2 Å². The Labute approximate surface area is 106 Å². The number of anilines is 1. The van der Waals surface area contributed by atoms with Crippen molar-refractivity contribution in [1.29, 1.82) is 0 Å². The molecule has 2 N–H and O–H groups in total. The lowest BCUT2D eigenvalue weighted by molar-refractivity contribution is 0.220. The first kappa shape index (κ1) is 12.8. The average Bonchev–Trinajstić information content (AvgIpc) is 2.82. The van der Waals surface area contributed by atoms with Crippen LogP contribution in [-0.2, 0) is 0 Å². The number of nitrogens with zero attached hydrogens (tertiary/aromatic N) is 4. The largest absolute Gasteiger partial charge is 0.464 e. The molecule has 0 aliphatic carbocycles. The topological polar surface area (TPSA) is 86.4 Å². The maximum absolute atomic E-state index is 5.55. The molecular weight excluding hydrogens is 234 g/mol. The van der Waals surface area contributed by atoms with E-state index in [2.05, 4.69) is 19.9 Å². The van der Waals surface area contributed by atoms with Crippen LogP contribution >= 0.6 is 0 Å². The van der Waals surface area contributed by atoms with Gasteiger partial charge in [-0.25, -0.2) is 0 Å². The van der Waals surface area contributed by atoms with Crippen molar-refractivity contribution in [2.24, 2.45) is 0 Å². The van der Waals surface area contributed by atoms with Gasteiger partial charge in [-0.1, -0.05) is 0 Å². The van der Waals surface area contributed by atoms with Crippen LogP contribution in [0.3, 0.4) is 0 Å². The zero-order valence-corrected chi connectivity index (χ0v) is 10.6. The van der Waals surface area contributed by atoms with Crippen molar-refractivity contribution in [1.82, 2.24) is 19.9 Å². The van der Waals surface area contributed by atoms with Crippen LogP contribution in [0.15, 0.2) is 0 Å². The maximum Gasteiger partial charge on any atom is 0.324 e. The van der Waals surface area contributed by atoms with Gasteiger partial charge in [0, 0.05) is 6.54 Å². The van der Waals surface area contributed by atoms with Gasteiger partial charge in [0.15, 0.2) is 0 Å². The summed E-state index contributed by atoms with van der Waals surface area (Å²) >= 11 is 0. The van der Waals surface area contributed by atoms with Gasteiger partial charge >= 0.3 is 12.0 Å². The quantitative estimate of drug-likeness (QED) is 0.781. The second kappa shape index (κ2) is 6.34. The average molecular weight is 253 g/mol. The minimum atomic E-state index is 0.115. The Hall–Kier alpha value is -1.63. The number of hydrogen-bond donors (Lipinski definition) is 1. The van der Waals surface area contributed by atoms with E-state index in [1.165, 1.54) is 12.8 Å². The van der Waals surface area contributed by atoms with E-state index < -0.39 is 0 Å². The number of rotatable bonds is 6. The van der Waals surface area contributed by atoms with Crippen molar-refractivity contribution in [3.05, 3.63) is 0 Å². The van der Waals surface area contributed by atoms with Gasteiger partial charge < -0.3 is 15.2 Å². The molecule has 1 aliphatic heterocycles. The third kappa shape index (κ3) is 3.69. The highest BCUT2D eigenvalue weighted by atomic mass is 16.5. The molecule has 100 valence electrons. The van der Waals surface area contributed by atoms with Gasteiger partial charge in [-0.3, -0.25) is 4.90 Å². The Morgan fingerprint density at radius 1 is 1.11 bits per heavy atom. The summed E-state index contributed by atoms with van der Waals surface area (Å²) in [4.78, 5) is 14.1. The van der Waals surface area contributed by atoms with Gasteiger partial charge in [-0.05, 0) is 32.9 Å². The standard InChI is InChI=1S/C11H19N5O2/c1-2-17-10-13-9(12)14-11(15-10)18-8-7-16-5-3-4-6-16/h2-8H2,1H3,(H2,12,13,14,15). The van der Waals surface area contributed by atoms with Gasteiger partial charge in [-0.2, -0.15) is 9.97 Å². The molecule has 18 heavy (non-hydrogen) atoms. The fraction of sp³-hybridized carbons (Fsp3) is 0.727. The lowest BCUT2D eigenvalue weighted by Gasteiger charge is -2.14. The molecule has 2 heterocycles. The molecule has 7 heteroatoms. The molecule has 1 saturated heterocycles. The van der Waals surface area contributed by atoms with Gasteiger partial charge in [0.2, 0.25) is 5.95 Å². The summed E-state index contributed by atoms with van der Waals surface area (Å²) < 4.78 is 10.6. The molecule has 1 fully saturated rings. The SMILES string of the molecule is CCOc1nc(N)nc(OCCN2CCCC2)n1. The van der Waals surface area contributed by atoms with Crippen LogP contribution in [0.25, 0.3) is 0 Å². The third-order valence-corrected chi connectivity index (χ3v) is 2.72. The Balaban J connectivity index is 1.83. The van der Waals surface area contributed by atoms with Gasteiger partial charge in [-0.15, -0.1) is 4.98 Å². The number of likely N-dealkylation sites (tertiary alicyclic amines) is 1. The molecule has 2 rings (SSSR count). The first-order valence-electron chi connectivity index (χ1n) is 6.27. The van der Waals surface area contributed by atoms with Crippen molar-refractivity contribution in [2.45, 2.75) is 19.8 Å². The summed E-state index contributed by atoms with van der Waals surface area (Å²) in [6.45, 7) is 6.06. The minimum Gasteiger partial charge on any atom is -0.464 e. The van der Waals surface area contributed by atoms with E-state index in [0.717, 1.165) is 19.6 Å². The summed E-state index contributed by atoms with van der Waals surface area (Å²) in [5, 5.41) is 0. The van der Waals surface area contributed by atoms with Crippen LogP contribution in [0, 0.1) is 0 Å². The Kier molecular flexibility index (Phi) is 4.52. The summed E-state index contributed by atoms with van der Waals surface area (Å²) in [6.07, 6.45) is 2.54. The van der Waals surface area contributed by atoms with Crippen LogP contribution in [0.2, 0.25) is 0 Å². The summed E-state index contributed by atoms with van der Waals surface area (Å²) in [6, 6.07) is 0.436. The minimum absolute atomic E-state index is 0.115. The molecule has 0 unspecified atom stereocenters. The van der Waals surface area contributed by atoms with E-state index in [0.29, 0.717) is 13.2 Å². The van der Waals surface area contributed by atoms with Crippen molar-refractivity contribution in [3.63, 3.8) is 0 Å². The normalized spacial score (nSPS) is 15.8. The number of nitrogen functional groups attached to an aromatic ring is 1. The lowest BCUT2D eigenvalue weighted by Crippen LogP contribution is -2.25. The highest BCUT2D eigenvalue weighted by Crippen LogP contribution is 2.11. The van der Waals surface area contributed by atoms with Gasteiger partial charge in [0.1, 0.15) is 6.61 Å². The van der Waals surface area contributed by atoms with Crippen LogP contribution in [0.4, 0.5) is 5.95 Å². The van der Waals surface area contributed by atoms with E-state index in [4.69, 9.17) is 15.2 Å². The molecule has 0 aromatic carbocycles. The van der Waals surface area contributed by atoms with Crippen LogP contribution in [-0.4, -0.2) is 52.7 Å². The highest BCUT2D eigenvalue weighted by molar-refractivity contribution is 5.20. The lowest BCUT2D eigenvalue weighted by atomic mass is 10.4.